The van der Waals surface area contributed by atoms with Crippen molar-refractivity contribution >= 4 is 29.7 Å². The molecule has 0 aromatic heterocycles. The monoisotopic (exact) mass is 482 g/mol. The number of benzene rings is 2. The summed E-state index contributed by atoms with van der Waals surface area (Å²) in [6.07, 6.45) is 0.738. The molecule has 2 aromatic carbocycles. The lowest BCUT2D eigenvalue weighted by Gasteiger charge is -2.37. The van der Waals surface area contributed by atoms with Crippen LogP contribution in [0.3, 0.4) is 0 Å². The van der Waals surface area contributed by atoms with Gasteiger partial charge in [0.05, 0.1) is 12.0 Å². The summed E-state index contributed by atoms with van der Waals surface area (Å²) in [5.74, 6) is 0.410. The van der Waals surface area contributed by atoms with Crippen LogP contribution in [0.15, 0.2) is 48.5 Å². The zero-order chi connectivity index (χ0) is 24.1. The van der Waals surface area contributed by atoms with Crippen LogP contribution in [0.1, 0.15) is 49.7 Å². The Balaban J connectivity index is 1.40. The molecule has 1 heterocycles. The number of hydrogen-bond acceptors (Lipinski definition) is 5. The highest BCUT2D eigenvalue weighted by molar-refractivity contribution is 7.99. The molecule has 1 aliphatic heterocycles. The molecule has 1 fully saturated rings. The Morgan fingerprint density at radius 1 is 1.06 bits per heavy atom. The molecule has 180 valence electrons. The van der Waals surface area contributed by atoms with Crippen LogP contribution < -0.4 is 10.6 Å². The number of carboxylic acid groups (broad SMARTS) is 1. The van der Waals surface area contributed by atoms with Crippen molar-refractivity contribution in [3.8, 4) is 11.1 Å². The lowest BCUT2D eigenvalue weighted by atomic mass is 9.88. The summed E-state index contributed by atoms with van der Waals surface area (Å²) in [5, 5.41) is 14.7. The van der Waals surface area contributed by atoms with E-state index in [1.165, 1.54) is 11.1 Å². The summed E-state index contributed by atoms with van der Waals surface area (Å²) >= 11 is 1.79. The fourth-order valence-electron chi connectivity index (χ4n) is 4.91. The molecule has 3 N–H and O–H groups in total. The Morgan fingerprint density at radius 2 is 1.65 bits per heavy atom. The van der Waals surface area contributed by atoms with Crippen molar-refractivity contribution in [3.63, 3.8) is 0 Å². The van der Waals surface area contributed by atoms with Crippen LogP contribution in [0, 0.1) is 0 Å². The molecule has 2 aromatic rings. The molecule has 8 heteroatoms. The second-order valence-electron chi connectivity index (χ2n) is 9.09. The van der Waals surface area contributed by atoms with E-state index in [0.29, 0.717) is 12.8 Å². The summed E-state index contributed by atoms with van der Waals surface area (Å²) in [6, 6.07) is 15.9. The van der Waals surface area contributed by atoms with Crippen molar-refractivity contribution < 1.29 is 24.2 Å². The standard InChI is InChI=1S/C26H30N2O5S/c1-17(14-24(30)31)27-23(29)15-26(10-12-34-13-11-26)28-25(32)33-16-22-20-8-4-2-6-18(20)19-7-3-5-9-21(19)22/h2-9,17,22H,10-16H2,1H3,(H,27,29)(H,28,32)(H,30,31). The smallest absolute Gasteiger partial charge is 0.407 e. The molecular formula is C26H30N2O5S. The first kappa shape index (κ1) is 24.1. The predicted octanol–water partition coefficient (Wildman–Crippen LogP) is 4.16. The topological polar surface area (TPSA) is 105 Å². The largest absolute Gasteiger partial charge is 0.481 e. The number of carbonyl (C=O) groups is 3. The van der Waals surface area contributed by atoms with Gasteiger partial charge < -0.3 is 20.5 Å². The van der Waals surface area contributed by atoms with Gasteiger partial charge in [0, 0.05) is 18.4 Å². The van der Waals surface area contributed by atoms with E-state index in [-0.39, 0.29) is 31.3 Å². The van der Waals surface area contributed by atoms with Gasteiger partial charge in [-0.3, -0.25) is 9.59 Å². The number of ether oxygens (including phenoxy) is 1. The zero-order valence-corrected chi connectivity index (χ0v) is 20.0. The number of rotatable bonds is 8. The zero-order valence-electron chi connectivity index (χ0n) is 19.2. The average Bonchev–Trinajstić information content (AvgIpc) is 3.11. The highest BCUT2D eigenvalue weighted by Crippen LogP contribution is 2.44. The van der Waals surface area contributed by atoms with Crippen molar-refractivity contribution in [1.82, 2.24) is 10.6 Å². The fourth-order valence-corrected chi connectivity index (χ4v) is 6.18. The van der Waals surface area contributed by atoms with Crippen LogP contribution in [0.2, 0.25) is 0 Å². The molecule has 1 unspecified atom stereocenters. The van der Waals surface area contributed by atoms with E-state index < -0.39 is 23.6 Å². The molecule has 1 atom stereocenters. The lowest BCUT2D eigenvalue weighted by Crippen LogP contribution is -2.54. The third kappa shape index (κ3) is 5.55. The Labute approximate surface area is 203 Å². The maximum atomic E-state index is 12.9. The van der Waals surface area contributed by atoms with Crippen molar-refractivity contribution in [1.29, 1.82) is 0 Å². The van der Waals surface area contributed by atoms with Gasteiger partial charge in [0.25, 0.3) is 0 Å². The Morgan fingerprint density at radius 3 is 2.24 bits per heavy atom. The summed E-state index contributed by atoms with van der Waals surface area (Å²) in [6.45, 7) is 1.88. The summed E-state index contributed by atoms with van der Waals surface area (Å²) in [4.78, 5) is 36.4. The minimum atomic E-state index is -0.964. The van der Waals surface area contributed by atoms with E-state index in [2.05, 4.69) is 34.9 Å². The molecule has 1 saturated heterocycles. The number of alkyl carbamates (subject to hydrolysis) is 1. The molecule has 0 spiro atoms. The van der Waals surface area contributed by atoms with Gasteiger partial charge in [0.1, 0.15) is 6.61 Å². The molecule has 4 rings (SSSR count). The first-order valence-corrected chi connectivity index (χ1v) is 12.7. The van der Waals surface area contributed by atoms with Crippen molar-refractivity contribution in [3.05, 3.63) is 59.7 Å². The molecule has 0 bridgehead atoms. The summed E-state index contributed by atoms with van der Waals surface area (Å²) < 4.78 is 5.72. The second-order valence-corrected chi connectivity index (χ2v) is 10.3. The Bertz CT molecular complexity index is 1020. The number of carboxylic acids is 1. The maximum absolute atomic E-state index is 12.9. The molecule has 7 nitrogen and oxygen atoms in total. The van der Waals surface area contributed by atoms with Crippen LogP contribution in [0.5, 0.6) is 0 Å². The minimum absolute atomic E-state index is 0.0313. The van der Waals surface area contributed by atoms with Crippen LogP contribution in [-0.2, 0) is 14.3 Å². The Kier molecular flexibility index (Phi) is 7.46. The molecule has 2 aliphatic rings. The van der Waals surface area contributed by atoms with Crippen molar-refractivity contribution in [2.75, 3.05) is 18.1 Å². The van der Waals surface area contributed by atoms with Gasteiger partial charge >= 0.3 is 12.1 Å². The molecule has 2 amide bonds. The normalized spacial score (nSPS) is 17.2. The van der Waals surface area contributed by atoms with E-state index in [0.717, 1.165) is 22.6 Å². The minimum Gasteiger partial charge on any atom is -0.481 e. The van der Waals surface area contributed by atoms with Gasteiger partial charge in [-0.05, 0) is 53.5 Å². The number of amides is 2. The number of carbonyl (C=O) groups excluding carboxylic acids is 2. The fraction of sp³-hybridized carbons (Fsp3) is 0.423. The lowest BCUT2D eigenvalue weighted by molar-refractivity contribution is -0.137. The van der Waals surface area contributed by atoms with Gasteiger partial charge in [0.15, 0.2) is 0 Å². The number of aliphatic carboxylic acids is 1. The van der Waals surface area contributed by atoms with E-state index in [1.54, 1.807) is 18.7 Å². The van der Waals surface area contributed by atoms with Crippen LogP contribution >= 0.6 is 11.8 Å². The quantitative estimate of drug-likeness (QED) is 0.522. The Hall–Kier alpha value is -3.00. The molecule has 34 heavy (non-hydrogen) atoms. The van der Waals surface area contributed by atoms with E-state index >= 15 is 0 Å². The number of fused-ring (bicyclic) bond motifs is 3. The van der Waals surface area contributed by atoms with E-state index in [9.17, 15) is 14.4 Å². The summed E-state index contributed by atoms with van der Waals surface area (Å²) in [5.41, 5.74) is 3.93. The maximum Gasteiger partial charge on any atom is 0.407 e. The van der Waals surface area contributed by atoms with Gasteiger partial charge in [0.2, 0.25) is 5.91 Å². The van der Waals surface area contributed by atoms with Crippen LogP contribution in [-0.4, -0.2) is 52.8 Å². The SMILES string of the molecule is CC(CC(=O)O)NC(=O)CC1(NC(=O)OCC2c3ccccc3-c3ccccc32)CCSCC1. The van der Waals surface area contributed by atoms with Gasteiger partial charge in [-0.2, -0.15) is 11.8 Å². The number of thioether (sulfide) groups is 1. The highest BCUT2D eigenvalue weighted by atomic mass is 32.2. The third-order valence-electron chi connectivity index (χ3n) is 6.55. The predicted molar refractivity (Wildman–Crippen MR) is 132 cm³/mol. The van der Waals surface area contributed by atoms with E-state index in [4.69, 9.17) is 9.84 Å². The first-order valence-electron chi connectivity index (χ1n) is 11.6. The van der Waals surface area contributed by atoms with Crippen LogP contribution in [0.25, 0.3) is 11.1 Å². The molecular weight excluding hydrogens is 452 g/mol. The van der Waals surface area contributed by atoms with Crippen LogP contribution in [0.4, 0.5) is 4.79 Å². The van der Waals surface area contributed by atoms with Crippen molar-refractivity contribution in [2.24, 2.45) is 0 Å². The average molecular weight is 483 g/mol. The molecule has 0 radical (unpaired) electrons. The van der Waals surface area contributed by atoms with E-state index in [1.807, 2.05) is 24.3 Å². The first-order chi connectivity index (χ1) is 16.4. The number of hydrogen-bond donors (Lipinski definition) is 3. The van der Waals surface area contributed by atoms with Gasteiger partial charge in [-0.25, -0.2) is 4.79 Å². The van der Waals surface area contributed by atoms with Gasteiger partial charge in [-0.15, -0.1) is 0 Å². The third-order valence-corrected chi connectivity index (χ3v) is 7.53. The molecule has 1 aliphatic carbocycles. The van der Waals surface area contributed by atoms with Crippen molar-refractivity contribution in [2.45, 2.75) is 50.1 Å². The number of nitrogens with one attached hydrogen (secondary N) is 2. The summed E-state index contributed by atoms with van der Waals surface area (Å²) in [7, 11) is 0. The highest BCUT2D eigenvalue weighted by Gasteiger charge is 2.37. The van der Waals surface area contributed by atoms with Gasteiger partial charge in [-0.1, -0.05) is 48.5 Å². The molecule has 0 saturated carbocycles. The second kappa shape index (κ2) is 10.5.